The van der Waals surface area contributed by atoms with Crippen LogP contribution in [0.15, 0.2) is 67.1 Å². The summed E-state index contributed by atoms with van der Waals surface area (Å²) in [4.78, 5) is 30.4. The molecule has 12 heteroatoms. The van der Waals surface area contributed by atoms with Gasteiger partial charge in [-0.3, -0.25) is 14.5 Å². The Kier molecular flexibility index (Phi) is 9.10. The fraction of sp³-hybridized carbons (Fsp3) is 0.321. The Labute approximate surface area is 231 Å². The van der Waals surface area contributed by atoms with Crippen LogP contribution >= 0.6 is 0 Å². The Morgan fingerprint density at radius 2 is 1.90 bits per heavy atom. The molecule has 11 nitrogen and oxygen atoms in total. The molecule has 0 aliphatic rings. The van der Waals surface area contributed by atoms with Crippen LogP contribution < -0.4 is 16.1 Å². The third kappa shape index (κ3) is 8.38. The van der Waals surface area contributed by atoms with Gasteiger partial charge in [-0.25, -0.2) is 9.18 Å². The predicted octanol–water partition coefficient (Wildman–Crippen LogP) is 3.52. The van der Waals surface area contributed by atoms with Crippen LogP contribution in [0.5, 0.6) is 0 Å². The second-order valence-corrected chi connectivity index (χ2v) is 10.0. The molecule has 3 N–H and O–H groups in total. The molecule has 2 amide bonds. The summed E-state index contributed by atoms with van der Waals surface area (Å²) >= 11 is 0. The van der Waals surface area contributed by atoms with E-state index in [0.717, 1.165) is 11.3 Å². The van der Waals surface area contributed by atoms with Gasteiger partial charge in [0.2, 0.25) is 0 Å². The predicted molar refractivity (Wildman–Crippen MR) is 147 cm³/mol. The first kappa shape index (κ1) is 28.3. The maximum Gasteiger partial charge on any atom is 0.407 e. The zero-order valence-electron chi connectivity index (χ0n) is 22.7. The number of nitrogens with zero attached hydrogens (tertiary/aromatic N) is 5. The van der Waals surface area contributed by atoms with Crippen LogP contribution in [0.2, 0.25) is 0 Å². The number of alkyl carbamates (subject to hydrolysis) is 1. The van der Waals surface area contributed by atoms with Gasteiger partial charge in [0.15, 0.2) is 0 Å². The number of rotatable bonds is 11. The first-order valence-electron chi connectivity index (χ1n) is 12.9. The Morgan fingerprint density at radius 3 is 2.65 bits per heavy atom. The van der Waals surface area contributed by atoms with Crippen LogP contribution in [0.3, 0.4) is 0 Å². The van der Waals surface area contributed by atoms with Crippen molar-refractivity contribution in [1.82, 2.24) is 35.3 Å². The Morgan fingerprint density at radius 1 is 1.05 bits per heavy atom. The molecule has 0 atom stereocenters. The fourth-order valence-corrected chi connectivity index (χ4v) is 3.78. The lowest BCUT2D eigenvalue weighted by atomic mass is 10.1. The van der Waals surface area contributed by atoms with Crippen LogP contribution in [-0.2, 0) is 24.2 Å². The minimum absolute atomic E-state index is 0.245. The highest BCUT2D eigenvalue weighted by molar-refractivity contribution is 5.94. The van der Waals surface area contributed by atoms with Crippen molar-refractivity contribution in [3.8, 4) is 11.4 Å². The molecule has 3 heterocycles. The zero-order chi connectivity index (χ0) is 28.5. The van der Waals surface area contributed by atoms with Crippen molar-refractivity contribution in [2.75, 3.05) is 18.5 Å². The summed E-state index contributed by atoms with van der Waals surface area (Å²) in [5, 5.41) is 14.2. The SMILES string of the molecule is CC(C)(C)OC(=O)NCCn1ccc(CNC(=O)c2ccc(-c3ccnn3NCCc3cccc(F)c3)nc2)n1. The second kappa shape index (κ2) is 12.9. The van der Waals surface area contributed by atoms with Gasteiger partial charge in [0.05, 0.1) is 36.2 Å². The van der Waals surface area contributed by atoms with Gasteiger partial charge in [0.25, 0.3) is 5.91 Å². The molecule has 0 aliphatic heterocycles. The van der Waals surface area contributed by atoms with Crippen molar-refractivity contribution < 1.29 is 18.7 Å². The zero-order valence-corrected chi connectivity index (χ0v) is 22.7. The van der Waals surface area contributed by atoms with E-state index in [1.165, 1.54) is 18.3 Å². The highest BCUT2D eigenvalue weighted by Gasteiger charge is 2.15. The summed E-state index contributed by atoms with van der Waals surface area (Å²) in [5.41, 5.74) is 6.00. The van der Waals surface area contributed by atoms with Gasteiger partial charge in [-0.15, -0.1) is 0 Å². The molecule has 4 rings (SSSR count). The molecule has 0 bridgehead atoms. The van der Waals surface area contributed by atoms with E-state index in [9.17, 15) is 14.0 Å². The number of nitrogens with one attached hydrogen (secondary N) is 3. The summed E-state index contributed by atoms with van der Waals surface area (Å²) in [6.07, 6.45) is 5.10. The van der Waals surface area contributed by atoms with E-state index in [-0.39, 0.29) is 18.3 Å². The molecule has 0 radical (unpaired) electrons. The Balaban J connectivity index is 1.23. The monoisotopic (exact) mass is 548 g/mol. The number of amides is 2. The molecule has 0 aliphatic carbocycles. The number of benzene rings is 1. The average molecular weight is 549 g/mol. The molecule has 0 unspecified atom stereocenters. The number of hydrogen-bond acceptors (Lipinski definition) is 7. The van der Waals surface area contributed by atoms with Crippen LogP contribution in [-0.4, -0.2) is 55.3 Å². The average Bonchev–Trinajstić information content (AvgIpc) is 3.56. The largest absolute Gasteiger partial charge is 0.444 e. The van der Waals surface area contributed by atoms with E-state index in [4.69, 9.17) is 4.74 Å². The first-order chi connectivity index (χ1) is 19.2. The lowest BCUT2D eigenvalue weighted by Crippen LogP contribution is -2.34. The van der Waals surface area contributed by atoms with Crippen molar-refractivity contribution in [2.24, 2.45) is 0 Å². The molecule has 0 saturated heterocycles. The van der Waals surface area contributed by atoms with Crippen molar-refractivity contribution in [3.05, 3.63) is 89.8 Å². The van der Waals surface area contributed by atoms with Gasteiger partial charge in [-0.05, 0) is 69.2 Å². The van der Waals surface area contributed by atoms with E-state index < -0.39 is 11.7 Å². The van der Waals surface area contributed by atoms with E-state index in [2.05, 4.69) is 31.2 Å². The molecule has 4 aromatic rings. The van der Waals surface area contributed by atoms with E-state index in [1.54, 1.807) is 66.9 Å². The van der Waals surface area contributed by atoms with E-state index in [0.29, 0.717) is 43.0 Å². The van der Waals surface area contributed by atoms with Crippen LogP contribution in [0.1, 0.15) is 42.4 Å². The number of pyridine rings is 1. The third-order valence-corrected chi connectivity index (χ3v) is 5.63. The summed E-state index contributed by atoms with van der Waals surface area (Å²) in [6, 6.07) is 13.6. The molecule has 0 saturated carbocycles. The van der Waals surface area contributed by atoms with Gasteiger partial charge in [-0.1, -0.05) is 12.1 Å². The maximum absolute atomic E-state index is 13.4. The number of halogens is 1. The molecule has 3 aromatic heterocycles. The highest BCUT2D eigenvalue weighted by atomic mass is 19.1. The minimum atomic E-state index is -0.552. The standard InChI is InChI=1S/C28H33FN8O3/c1-28(2,3)40-27(39)30-14-16-36-15-11-23(35-36)19-32-26(38)21-7-8-24(31-18-21)25-10-13-34-37(25)33-12-9-20-5-4-6-22(29)17-20/h4-8,10-11,13,15,17-18,33H,9,12,14,16,19H2,1-3H3,(H,30,39)(H,32,38). The topological polar surface area (TPSA) is 128 Å². The van der Waals surface area contributed by atoms with Crippen LogP contribution in [0, 0.1) is 5.82 Å². The maximum atomic E-state index is 13.4. The minimum Gasteiger partial charge on any atom is -0.444 e. The number of hydrogen-bond donors (Lipinski definition) is 3. The van der Waals surface area contributed by atoms with Gasteiger partial charge >= 0.3 is 6.09 Å². The van der Waals surface area contributed by atoms with Crippen molar-refractivity contribution in [2.45, 2.75) is 45.9 Å². The van der Waals surface area contributed by atoms with E-state index in [1.807, 2.05) is 12.1 Å². The lowest BCUT2D eigenvalue weighted by molar-refractivity contribution is 0.0525. The van der Waals surface area contributed by atoms with Gasteiger partial charge in [0.1, 0.15) is 17.1 Å². The van der Waals surface area contributed by atoms with Crippen LogP contribution in [0.4, 0.5) is 9.18 Å². The molecular weight excluding hydrogens is 515 g/mol. The molecular formula is C28H33FN8O3. The first-order valence-corrected chi connectivity index (χ1v) is 12.9. The number of carbonyl (C=O) groups is 2. The third-order valence-electron chi connectivity index (χ3n) is 5.63. The van der Waals surface area contributed by atoms with E-state index >= 15 is 0 Å². The normalized spacial score (nSPS) is 11.2. The Hall–Kier alpha value is -4.74. The highest BCUT2D eigenvalue weighted by Crippen LogP contribution is 2.16. The van der Waals surface area contributed by atoms with Gasteiger partial charge in [0, 0.05) is 25.5 Å². The molecule has 0 spiro atoms. The summed E-state index contributed by atoms with van der Waals surface area (Å²) in [5.74, 6) is -0.535. The quantitative estimate of drug-likeness (QED) is 0.262. The van der Waals surface area contributed by atoms with Gasteiger partial charge in [-0.2, -0.15) is 15.0 Å². The fourth-order valence-electron chi connectivity index (χ4n) is 3.78. The smallest absolute Gasteiger partial charge is 0.407 e. The Bertz CT molecular complexity index is 1430. The molecule has 0 fully saturated rings. The summed E-state index contributed by atoms with van der Waals surface area (Å²) in [7, 11) is 0. The van der Waals surface area contributed by atoms with Crippen molar-refractivity contribution in [3.63, 3.8) is 0 Å². The number of carbonyl (C=O) groups excluding carboxylic acids is 2. The van der Waals surface area contributed by atoms with Crippen molar-refractivity contribution >= 4 is 12.0 Å². The number of aromatic nitrogens is 5. The van der Waals surface area contributed by atoms with Crippen molar-refractivity contribution in [1.29, 1.82) is 0 Å². The van der Waals surface area contributed by atoms with Crippen LogP contribution in [0.25, 0.3) is 11.4 Å². The molecule has 1 aromatic carbocycles. The molecule has 210 valence electrons. The molecule has 40 heavy (non-hydrogen) atoms. The second-order valence-electron chi connectivity index (χ2n) is 10.0. The summed E-state index contributed by atoms with van der Waals surface area (Å²) in [6.45, 7) is 7.04. The number of ether oxygens (including phenoxy) is 1. The summed E-state index contributed by atoms with van der Waals surface area (Å²) < 4.78 is 20.3. The van der Waals surface area contributed by atoms with Gasteiger partial charge < -0.3 is 20.8 Å². The lowest BCUT2D eigenvalue weighted by Gasteiger charge is -2.19.